The van der Waals surface area contributed by atoms with E-state index in [2.05, 4.69) is 0 Å². The van der Waals surface area contributed by atoms with Crippen molar-refractivity contribution in [3.05, 3.63) is 0 Å². The smallest absolute Gasteiger partial charge is 0.0776 e. The summed E-state index contributed by atoms with van der Waals surface area (Å²) in [5.41, 5.74) is 0. The summed E-state index contributed by atoms with van der Waals surface area (Å²) < 4.78 is 0. The van der Waals surface area contributed by atoms with E-state index in [1.54, 1.807) is 0 Å². The molecule has 0 radical (unpaired) electrons. The molecule has 0 N–H and O–H groups in total. The highest BCUT2D eigenvalue weighted by Crippen LogP contribution is 0.156. The first-order valence-electron chi connectivity index (χ1n) is 0. The van der Waals surface area contributed by atoms with E-state index in [0.717, 1.165) is 0 Å². The van der Waals surface area contributed by atoms with Crippen molar-refractivity contribution in [1.29, 1.82) is 0 Å². The predicted octanol–water partition coefficient (Wildman–Crippen LogP) is 8.27. The van der Waals surface area contributed by atoms with Crippen LogP contribution in [0, 0.1) is 0 Å². The number of hydrogen-bond donors (Lipinski definition) is 0. The lowest BCUT2D eigenvalue weighted by Gasteiger charge is -0.0786. The summed E-state index contributed by atoms with van der Waals surface area (Å²) >= 11 is 0. The zero-order valence-electron chi connectivity index (χ0n) is 0. The molecule has 0 fully saturated rings. The van der Waals surface area contributed by atoms with Crippen LogP contribution >= 0.6 is 0 Å². The Morgan fingerprint density at radius 1 is 0.0769 bits per heavy atom. The summed E-state index contributed by atoms with van der Waals surface area (Å²) in [5.74, 6) is 0. The van der Waals surface area contributed by atoms with Crippen LogP contribution in [0.15, 0.2) is 0 Å². The normalized spacial score (nSPS) is 0. The van der Waals surface area contributed by atoms with Crippen LogP contribution in [0.1, 0.15) is 96.5 Å². The van der Waals surface area contributed by atoms with Crippen LogP contribution in [0.25, 0.3) is 0 Å². The van der Waals surface area contributed by atoms with Gasteiger partial charge in [-0.3, -0.25) is 0 Å². The Hall–Kier alpha value is 0. The second kappa shape index (κ2) is 0. The molecule has 0 saturated carbocycles. The molecule has 0 unspecified atom stereocenters. The second-order valence-electron chi connectivity index (χ2n) is 0. The summed E-state index contributed by atoms with van der Waals surface area (Å²) in [4.78, 5) is 0. The Labute approximate surface area is 97.2 Å². The van der Waals surface area contributed by atoms with Gasteiger partial charge < -0.3 is 0 Å². The molecule has 0 heterocycles. The molecule has 0 spiro atoms. The highest BCUT2D eigenvalue weighted by molar-refractivity contribution is 2.51. The van der Waals surface area contributed by atoms with Gasteiger partial charge in [-0.2, -0.15) is 0 Å². The van der Waals surface area contributed by atoms with Crippen molar-refractivity contribution < 1.29 is 0 Å². The van der Waals surface area contributed by atoms with Gasteiger partial charge in [0.2, 0.25) is 0 Å². The molecule has 0 aromatic heterocycles. The average molecular weight is 209 g/mol. The van der Waals surface area contributed by atoms with Crippen molar-refractivity contribution in [2.24, 2.45) is 0 Å². The quantitative estimate of drug-likeness (QED) is 0.376. The van der Waals surface area contributed by atoms with Crippen LogP contribution in [0.3, 0.4) is 0 Å². The summed E-state index contributed by atoms with van der Waals surface area (Å²) in [5, 5.41) is 0. The van der Waals surface area contributed by atoms with Crippen molar-refractivity contribution in [3.8, 4) is 0 Å². The predicted molar refractivity (Wildman–Crippen MR) is 87.5 cm³/mol. The largest absolute Gasteiger partial charge is 0.0776 e. The lowest BCUT2D eigenvalue weighted by atomic mass is 12.0. The van der Waals surface area contributed by atoms with Gasteiger partial charge in [-0.05, 0) is 0 Å². The third-order valence-corrected chi connectivity index (χ3v) is 0. The topological polar surface area (TPSA) is 0 Å². The van der Waals surface area contributed by atoms with E-state index in [1.165, 1.54) is 0 Å². The summed E-state index contributed by atoms with van der Waals surface area (Å²) in [7, 11) is 0. The molecule has 13 heavy (non-hydrogen) atoms. The second-order valence-corrected chi connectivity index (χ2v) is 0. The molecule has 0 aromatic carbocycles. The Morgan fingerprint density at radius 2 is 0.0769 bits per heavy atom. The molecule has 0 bridgehead atoms. The SMILES string of the molecule is C.C.C.C.C.C.C.C.C.C.C.C.C. The first kappa shape index (κ1) is 0. The maximum absolute atomic E-state index is 0. The molecule has 104 valence electrons. The van der Waals surface area contributed by atoms with Gasteiger partial charge in [0.1, 0.15) is 0 Å². The molecule has 0 saturated heterocycles. The third kappa shape index (κ3) is 0. The van der Waals surface area contributed by atoms with E-state index < -0.39 is 0 Å². The molecule has 0 aliphatic carbocycles. The van der Waals surface area contributed by atoms with Gasteiger partial charge in [0, 0.05) is 0 Å². The molecular weight excluding hydrogens is 156 g/mol. The van der Waals surface area contributed by atoms with Gasteiger partial charge in [0.15, 0.2) is 0 Å². The van der Waals surface area contributed by atoms with Gasteiger partial charge in [0.25, 0.3) is 0 Å². The van der Waals surface area contributed by atoms with Crippen LogP contribution in [0.5, 0.6) is 0 Å². The monoisotopic (exact) mass is 208 g/mol. The molecule has 0 amide bonds. The summed E-state index contributed by atoms with van der Waals surface area (Å²) in [6.07, 6.45) is 0. The van der Waals surface area contributed by atoms with Crippen molar-refractivity contribution in [1.82, 2.24) is 0 Å². The van der Waals surface area contributed by atoms with E-state index in [-0.39, 0.29) is 96.5 Å². The number of rotatable bonds is 0. The molecule has 0 aromatic rings. The van der Waals surface area contributed by atoms with Crippen LogP contribution in [-0.2, 0) is 0 Å². The van der Waals surface area contributed by atoms with E-state index in [4.69, 9.17) is 0 Å². The Bertz CT molecular complexity index is 0. The van der Waals surface area contributed by atoms with Gasteiger partial charge in [0.05, 0.1) is 0 Å². The first-order valence-corrected chi connectivity index (χ1v) is 0. The van der Waals surface area contributed by atoms with Gasteiger partial charge in [-0.15, -0.1) is 0 Å². The highest BCUT2D eigenvalue weighted by atomic mass is 12.0. The fourth-order valence-corrected chi connectivity index (χ4v) is 0. The van der Waals surface area contributed by atoms with E-state index in [0.29, 0.717) is 0 Å². The van der Waals surface area contributed by atoms with Gasteiger partial charge >= 0.3 is 0 Å². The Kier molecular flexibility index (Phi) is 0. The zero-order valence-corrected chi connectivity index (χ0v) is 0. The fourth-order valence-electron chi connectivity index (χ4n) is 0. The molecule has 0 atom stereocenters. The van der Waals surface area contributed by atoms with Gasteiger partial charge in [-0.25, -0.2) is 0 Å². The standard InChI is InChI=1S/13CH4/h13*1H4. The lowest BCUT2D eigenvalue weighted by molar-refractivity contribution is 2.50. The molecule has 0 aliphatic heterocycles. The van der Waals surface area contributed by atoms with E-state index in [1.807, 2.05) is 0 Å². The van der Waals surface area contributed by atoms with Crippen LogP contribution in [0.2, 0.25) is 0 Å². The molecule has 0 heteroatoms. The third-order valence-electron chi connectivity index (χ3n) is 0. The maximum atomic E-state index is 0. The molecule has 0 nitrogen and oxygen atoms in total. The Morgan fingerprint density at radius 3 is 0.0769 bits per heavy atom. The molecular formula is C13H52. The summed E-state index contributed by atoms with van der Waals surface area (Å²) in [6.45, 7) is 0. The first-order chi connectivity index (χ1) is 0. The van der Waals surface area contributed by atoms with Crippen LogP contribution in [0.4, 0.5) is 0 Å². The van der Waals surface area contributed by atoms with Crippen molar-refractivity contribution in [2.45, 2.75) is 96.5 Å². The minimum absolute atomic E-state index is 0. The highest BCUT2D eigenvalue weighted by Gasteiger charge is -0.0656. The minimum Gasteiger partial charge on any atom is -0.0776 e. The van der Waals surface area contributed by atoms with Gasteiger partial charge in [-0.1, -0.05) is 96.5 Å². The summed E-state index contributed by atoms with van der Waals surface area (Å²) in [6, 6.07) is 0. The van der Waals surface area contributed by atoms with Crippen molar-refractivity contribution >= 4 is 0 Å². The zero-order chi connectivity index (χ0) is 0. The van der Waals surface area contributed by atoms with Crippen molar-refractivity contribution in [2.75, 3.05) is 0 Å². The molecule has 0 rings (SSSR count). The minimum atomic E-state index is 0. The maximum Gasteiger partial charge on any atom is -0.0776 e. The van der Waals surface area contributed by atoms with Crippen LogP contribution in [-0.4, -0.2) is 0 Å². The number of hydrogen-bond acceptors (Lipinski definition) is 0. The lowest BCUT2D eigenvalue weighted by Crippen LogP contribution is 0.143. The average Bonchev–Trinajstić information content (AvgIpc) is 0. The van der Waals surface area contributed by atoms with Crippen molar-refractivity contribution in [3.63, 3.8) is 0 Å². The van der Waals surface area contributed by atoms with E-state index in [9.17, 15) is 0 Å². The van der Waals surface area contributed by atoms with Crippen LogP contribution < -0.4 is 0 Å². The Balaban J connectivity index is 0. The molecule has 0 aliphatic rings. The fraction of sp³-hybridized carbons (Fsp3) is 1.00. The van der Waals surface area contributed by atoms with E-state index >= 15 is 0 Å².